The Morgan fingerprint density at radius 2 is 1.89 bits per heavy atom. The summed E-state index contributed by atoms with van der Waals surface area (Å²) in [7, 11) is 2.10. The van der Waals surface area contributed by atoms with Crippen molar-refractivity contribution in [2.24, 2.45) is 11.8 Å². The van der Waals surface area contributed by atoms with Crippen molar-refractivity contribution in [3.05, 3.63) is 72.1 Å². The summed E-state index contributed by atoms with van der Waals surface area (Å²) >= 11 is 0. The standard InChI is InChI=1S/C30H39N5O3/c1-32-13-15-34(16-14-32)29(36)18-25-10-12-35-22-26(25)8-5-17-38-28-9-3-2-7-27(28)21-33(23-30(35)37)20-24-6-4-11-31-19-24/h2-9,11,19,25-26H,10,12-18,20-23H2,1H3/b8-5-/t25-,26-/m0/s1. The molecule has 2 aromatic rings. The van der Waals surface area contributed by atoms with E-state index in [-0.39, 0.29) is 23.7 Å². The number of carbonyl (C=O) groups is 2. The molecular formula is C30H39N5O3. The first-order chi connectivity index (χ1) is 18.5. The molecule has 2 bridgehead atoms. The molecule has 4 heterocycles. The van der Waals surface area contributed by atoms with E-state index < -0.39 is 0 Å². The number of piperidine rings is 1. The van der Waals surface area contributed by atoms with Gasteiger partial charge in [-0.1, -0.05) is 36.4 Å². The summed E-state index contributed by atoms with van der Waals surface area (Å²) in [5, 5.41) is 0. The zero-order valence-corrected chi connectivity index (χ0v) is 22.4. The first-order valence-electron chi connectivity index (χ1n) is 13.8. The van der Waals surface area contributed by atoms with Gasteiger partial charge in [-0.2, -0.15) is 0 Å². The molecule has 0 aliphatic carbocycles. The number of fused-ring (bicyclic) bond motifs is 3. The van der Waals surface area contributed by atoms with Gasteiger partial charge in [0.2, 0.25) is 11.8 Å². The molecule has 8 heteroatoms. The van der Waals surface area contributed by atoms with Crippen LogP contribution in [0.3, 0.4) is 0 Å². The molecule has 38 heavy (non-hydrogen) atoms. The van der Waals surface area contributed by atoms with Crippen LogP contribution in [0, 0.1) is 11.8 Å². The average molecular weight is 518 g/mol. The number of pyridine rings is 1. The molecule has 1 aromatic carbocycles. The van der Waals surface area contributed by atoms with E-state index in [9.17, 15) is 9.59 Å². The highest BCUT2D eigenvalue weighted by Gasteiger charge is 2.33. The van der Waals surface area contributed by atoms with E-state index in [0.717, 1.165) is 49.5 Å². The number of aromatic nitrogens is 1. The van der Waals surface area contributed by atoms with Gasteiger partial charge in [-0.05, 0) is 43.0 Å². The molecule has 0 radical (unpaired) electrons. The fraction of sp³-hybridized carbons (Fsp3) is 0.500. The van der Waals surface area contributed by atoms with Crippen LogP contribution in [0.5, 0.6) is 5.75 Å². The molecule has 8 nitrogen and oxygen atoms in total. The maximum absolute atomic E-state index is 13.6. The van der Waals surface area contributed by atoms with Gasteiger partial charge in [0.1, 0.15) is 12.4 Å². The van der Waals surface area contributed by atoms with Gasteiger partial charge in [-0.15, -0.1) is 0 Å². The second-order valence-corrected chi connectivity index (χ2v) is 10.8. The highest BCUT2D eigenvalue weighted by Crippen LogP contribution is 2.30. The van der Waals surface area contributed by atoms with Gasteiger partial charge in [-0.25, -0.2) is 0 Å². The number of hydrogen-bond donors (Lipinski definition) is 0. The highest BCUT2D eigenvalue weighted by molar-refractivity contribution is 5.79. The van der Waals surface area contributed by atoms with E-state index in [0.29, 0.717) is 45.8 Å². The Kier molecular flexibility index (Phi) is 8.71. The lowest BCUT2D eigenvalue weighted by Gasteiger charge is -2.39. The predicted octanol–water partition coefficient (Wildman–Crippen LogP) is 2.66. The second kappa shape index (κ2) is 12.5. The van der Waals surface area contributed by atoms with Gasteiger partial charge in [0.25, 0.3) is 0 Å². The van der Waals surface area contributed by atoms with Gasteiger partial charge in [0.15, 0.2) is 0 Å². The first kappa shape index (κ1) is 26.4. The molecule has 2 amide bonds. The molecule has 2 saturated heterocycles. The Morgan fingerprint density at radius 3 is 2.71 bits per heavy atom. The van der Waals surface area contributed by atoms with E-state index in [1.165, 1.54) is 0 Å². The number of carbonyl (C=O) groups excluding carboxylic acids is 2. The molecule has 3 aliphatic rings. The number of para-hydroxylation sites is 1. The van der Waals surface area contributed by atoms with E-state index >= 15 is 0 Å². The Labute approximate surface area is 225 Å². The Bertz CT molecular complexity index is 1120. The van der Waals surface area contributed by atoms with E-state index in [1.54, 1.807) is 6.20 Å². The van der Waals surface area contributed by atoms with E-state index in [2.05, 4.69) is 40.0 Å². The fourth-order valence-corrected chi connectivity index (χ4v) is 5.73. The van der Waals surface area contributed by atoms with Crippen LogP contribution in [-0.2, 0) is 22.7 Å². The quantitative estimate of drug-likeness (QED) is 0.581. The third kappa shape index (κ3) is 6.79. The SMILES string of the molecule is CN1CCN(C(=O)C[C@@H]2CCN3C[C@@H]2/C=C\COc2ccccc2CN(Cc2cccnc2)CC3=O)CC1. The van der Waals surface area contributed by atoms with E-state index in [4.69, 9.17) is 4.74 Å². The molecule has 0 unspecified atom stereocenters. The Balaban J connectivity index is 1.33. The van der Waals surface area contributed by atoms with Crippen LogP contribution in [0.25, 0.3) is 0 Å². The first-order valence-corrected chi connectivity index (χ1v) is 13.8. The Hall–Kier alpha value is -3.23. The minimum Gasteiger partial charge on any atom is -0.489 e. The summed E-state index contributed by atoms with van der Waals surface area (Å²) in [5.41, 5.74) is 2.13. The summed E-state index contributed by atoms with van der Waals surface area (Å²) in [6.07, 6.45) is 9.24. The predicted molar refractivity (Wildman–Crippen MR) is 146 cm³/mol. The van der Waals surface area contributed by atoms with Crippen molar-refractivity contribution >= 4 is 11.8 Å². The molecule has 0 saturated carbocycles. The third-order valence-electron chi connectivity index (χ3n) is 8.02. The van der Waals surface area contributed by atoms with Crippen molar-refractivity contribution in [2.75, 3.05) is 59.5 Å². The van der Waals surface area contributed by atoms with Crippen molar-refractivity contribution in [3.63, 3.8) is 0 Å². The number of piperazine rings is 1. The molecule has 1 aromatic heterocycles. The monoisotopic (exact) mass is 517 g/mol. The minimum absolute atomic E-state index is 0.133. The minimum atomic E-state index is 0.133. The van der Waals surface area contributed by atoms with Crippen LogP contribution in [-0.4, -0.2) is 95.9 Å². The number of hydrogen-bond acceptors (Lipinski definition) is 6. The molecule has 0 spiro atoms. The molecule has 0 N–H and O–H groups in total. The van der Waals surface area contributed by atoms with Crippen LogP contribution in [0.2, 0.25) is 0 Å². The van der Waals surface area contributed by atoms with Crippen molar-refractivity contribution in [2.45, 2.75) is 25.9 Å². The molecule has 2 fully saturated rings. The molecule has 2 atom stereocenters. The number of likely N-dealkylation sites (N-methyl/N-ethyl adjacent to an activating group) is 1. The normalized spacial score (nSPS) is 24.4. The summed E-state index contributed by atoms with van der Waals surface area (Å²) in [4.78, 5) is 39.4. The second-order valence-electron chi connectivity index (χ2n) is 10.8. The molecule has 5 rings (SSSR count). The maximum atomic E-state index is 13.6. The molecular weight excluding hydrogens is 478 g/mol. The maximum Gasteiger partial charge on any atom is 0.236 e. The van der Waals surface area contributed by atoms with Crippen LogP contribution < -0.4 is 4.74 Å². The largest absolute Gasteiger partial charge is 0.489 e. The zero-order chi connectivity index (χ0) is 26.3. The van der Waals surface area contributed by atoms with E-state index in [1.807, 2.05) is 46.3 Å². The topological polar surface area (TPSA) is 69.2 Å². The lowest BCUT2D eigenvalue weighted by molar-refractivity contribution is -0.136. The van der Waals surface area contributed by atoms with Crippen LogP contribution in [0.4, 0.5) is 0 Å². The summed E-state index contributed by atoms with van der Waals surface area (Å²) in [6, 6.07) is 12.0. The lowest BCUT2D eigenvalue weighted by atomic mass is 9.82. The zero-order valence-electron chi connectivity index (χ0n) is 22.4. The Morgan fingerprint density at radius 1 is 1.05 bits per heavy atom. The number of nitrogens with zero attached hydrogens (tertiary/aromatic N) is 5. The highest BCUT2D eigenvalue weighted by atomic mass is 16.5. The van der Waals surface area contributed by atoms with Crippen LogP contribution in [0.1, 0.15) is 24.0 Å². The van der Waals surface area contributed by atoms with Gasteiger partial charge in [-0.3, -0.25) is 19.5 Å². The average Bonchev–Trinajstić information content (AvgIpc) is 2.93. The van der Waals surface area contributed by atoms with Gasteiger partial charge in [0.05, 0.1) is 6.54 Å². The number of amides is 2. The summed E-state index contributed by atoms with van der Waals surface area (Å²) < 4.78 is 6.18. The lowest BCUT2D eigenvalue weighted by Crippen LogP contribution is -2.50. The van der Waals surface area contributed by atoms with Crippen LogP contribution in [0.15, 0.2) is 60.9 Å². The number of ether oxygens (including phenoxy) is 1. The van der Waals surface area contributed by atoms with Gasteiger partial charge < -0.3 is 19.4 Å². The number of rotatable bonds is 4. The molecule has 202 valence electrons. The van der Waals surface area contributed by atoms with Gasteiger partial charge in [0, 0.05) is 76.7 Å². The smallest absolute Gasteiger partial charge is 0.236 e. The van der Waals surface area contributed by atoms with Crippen LogP contribution >= 0.6 is 0 Å². The summed E-state index contributed by atoms with van der Waals surface area (Å²) in [6.45, 7) is 6.81. The molecule has 3 aliphatic heterocycles. The fourth-order valence-electron chi connectivity index (χ4n) is 5.73. The summed E-state index contributed by atoms with van der Waals surface area (Å²) in [5.74, 6) is 1.58. The van der Waals surface area contributed by atoms with Crippen molar-refractivity contribution in [1.82, 2.24) is 24.6 Å². The third-order valence-corrected chi connectivity index (χ3v) is 8.02. The van der Waals surface area contributed by atoms with Gasteiger partial charge >= 0.3 is 0 Å². The van der Waals surface area contributed by atoms with Crippen molar-refractivity contribution < 1.29 is 14.3 Å². The number of benzene rings is 1. The van der Waals surface area contributed by atoms with Crippen molar-refractivity contribution in [1.29, 1.82) is 0 Å². The van der Waals surface area contributed by atoms with Crippen molar-refractivity contribution in [3.8, 4) is 5.75 Å².